The fourth-order valence-electron chi connectivity index (χ4n) is 2.96. The maximum atomic E-state index is 4.91. The molecule has 5 nitrogen and oxygen atoms in total. The molecular formula is C17H26ClN5. The molecule has 0 radical (unpaired) electrons. The molecule has 1 aliphatic rings. The van der Waals surface area contributed by atoms with E-state index in [9.17, 15) is 0 Å². The lowest BCUT2D eigenvalue weighted by Gasteiger charge is -2.33. The molecule has 0 bridgehead atoms. The highest BCUT2D eigenvalue weighted by Crippen LogP contribution is 2.26. The third kappa shape index (κ3) is 3.67. The number of likely N-dealkylation sites (N-methyl/N-ethyl adjacent to an activating group) is 1. The third-order valence-corrected chi connectivity index (χ3v) is 4.42. The van der Waals surface area contributed by atoms with E-state index in [0.717, 1.165) is 61.9 Å². The number of para-hydroxylation sites is 1. The zero-order chi connectivity index (χ0) is 15.5. The Morgan fingerprint density at radius 2 is 1.65 bits per heavy atom. The van der Waals surface area contributed by atoms with Crippen molar-refractivity contribution in [1.29, 1.82) is 0 Å². The molecule has 3 rings (SSSR count). The number of rotatable bonds is 4. The van der Waals surface area contributed by atoms with E-state index in [1.807, 2.05) is 0 Å². The van der Waals surface area contributed by atoms with E-state index in [-0.39, 0.29) is 12.4 Å². The first-order chi connectivity index (χ1) is 10.7. The molecule has 0 unspecified atom stereocenters. The van der Waals surface area contributed by atoms with E-state index in [2.05, 4.69) is 59.9 Å². The molecule has 0 N–H and O–H groups in total. The van der Waals surface area contributed by atoms with Crippen molar-refractivity contribution in [3.05, 3.63) is 24.3 Å². The quantitative estimate of drug-likeness (QED) is 0.858. The zero-order valence-electron chi connectivity index (χ0n) is 14.2. The Balaban J connectivity index is 0.00000192. The van der Waals surface area contributed by atoms with Gasteiger partial charge in [-0.15, -0.1) is 12.4 Å². The highest BCUT2D eigenvalue weighted by Gasteiger charge is 2.19. The summed E-state index contributed by atoms with van der Waals surface area (Å²) in [5, 5.41) is 1.14. The van der Waals surface area contributed by atoms with Crippen LogP contribution in [0.15, 0.2) is 24.3 Å². The lowest BCUT2D eigenvalue weighted by atomic mass is 10.2. The fourth-order valence-corrected chi connectivity index (χ4v) is 2.96. The minimum absolute atomic E-state index is 0. The van der Waals surface area contributed by atoms with Gasteiger partial charge >= 0.3 is 0 Å². The monoisotopic (exact) mass is 335 g/mol. The van der Waals surface area contributed by atoms with Crippen molar-refractivity contribution in [2.45, 2.75) is 13.8 Å². The first kappa shape index (κ1) is 17.8. The first-order valence-corrected chi connectivity index (χ1v) is 8.18. The maximum absolute atomic E-state index is 4.91. The number of hydrogen-bond donors (Lipinski definition) is 0. The number of aromatic nitrogens is 2. The smallest absolute Gasteiger partial charge is 0.227 e. The average Bonchev–Trinajstić information content (AvgIpc) is 2.56. The minimum atomic E-state index is 0. The number of nitrogens with zero attached hydrogens (tertiary/aromatic N) is 5. The Kier molecular flexibility index (Phi) is 6.02. The van der Waals surface area contributed by atoms with Crippen LogP contribution in [-0.2, 0) is 0 Å². The Hall–Kier alpha value is -1.59. The van der Waals surface area contributed by atoms with Gasteiger partial charge in [0.1, 0.15) is 5.82 Å². The van der Waals surface area contributed by atoms with Crippen molar-refractivity contribution in [3.8, 4) is 0 Å². The van der Waals surface area contributed by atoms with E-state index in [0.29, 0.717) is 0 Å². The minimum Gasteiger partial charge on any atom is -0.356 e. The summed E-state index contributed by atoms with van der Waals surface area (Å²) >= 11 is 0. The van der Waals surface area contributed by atoms with Gasteiger partial charge in [0.15, 0.2) is 0 Å². The van der Waals surface area contributed by atoms with Crippen molar-refractivity contribution in [3.63, 3.8) is 0 Å². The Bertz CT molecular complexity index is 636. The zero-order valence-corrected chi connectivity index (χ0v) is 15.0. The first-order valence-electron chi connectivity index (χ1n) is 8.18. The fraction of sp³-hybridized carbons (Fsp3) is 0.529. The second kappa shape index (κ2) is 7.79. The number of hydrogen-bond acceptors (Lipinski definition) is 5. The molecule has 0 spiro atoms. The molecule has 0 atom stereocenters. The van der Waals surface area contributed by atoms with Gasteiger partial charge < -0.3 is 14.7 Å². The van der Waals surface area contributed by atoms with Crippen LogP contribution >= 0.6 is 12.4 Å². The van der Waals surface area contributed by atoms with Crippen LogP contribution in [0.25, 0.3) is 10.9 Å². The van der Waals surface area contributed by atoms with E-state index in [1.165, 1.54) is 0 Å². The van der Waals surface area contributed by atoms with Gasteiger partial charge in [-0.3, -0.25) is 0 Å². The number of halogens is 1. The number of anilines is 2. The van der Waals surface area contributed by atoms with Gasteiger partial charge in [-0.2, -0.15) is 4.98 Å². The Morgan fingerprint density at radius 3 is 2.30 bits per heavy atom. The summed E-state index contributed by atoms with van der Waals surface area (Å²) in [6.07, 6.45) is 0. The van der Waals surface area contributed by atoms with E-state index in [4.69, 9.17) is 9.97 Å². The van der Waals surface area contributed by atoms with Crippen molar-refractivity contribution < 1.29 is 0 Å². The standard InChI is InChI=1S/C17H25N5.ClH/c1-4-21(5-2)16-14-8-6-7-9-15(14)18-17(19-16)22-12-10-20(3)11-13-22;/h6-9H,4-5,10-13H2,1-3H3;1H. The van der Waals surface area contributed by atoms with E-state index < -0.39 is 0 Å². The molecule has 2 aromatic rings. The highest BCUT2D eigenvalue weighted by molar-refractivity contribution is 5.90. The average molecular weight is 336 g/mol. The van der Waals surface area contributed by atoms with E-state index in [1.54, 1.807) is 0 Å². The predicted molar refractivity (Wildman–Crippen MR) is 100 cm³/mol. The molecule has 0 saturated carbocycles. The summed E-state index contributed by atoms with van der Waals surface area (Å²) in [6.45, 7) is 10.4. The molecule has 2 heterocycles. The largest absolute Gasteiger partial charge is 0.356 e. The number of fused-ring (bicyclic) bond motifs is 1. The third-order valence-electron chi connectivity index (χ3n) is 4.42. The van der Waals surface area contributed by atoms with Gasteiger partial charge in [-0.05, 0) is 33.0 Å². The summed E-state index contributed by atoms with van der Waals surface area (Å²) < 4.78 is 0. The van der Waals surface area contributed by atoms with Crippen molar-refractivity contribution >= 4 is 35.1 Å². The van der Waals surface area contributed by atoms with Crippen LogP contribution in [0.5, 0.6) is 0 Å². The molecule has 0 amide bonds. The molecule has 1 saturated heterocycles. The van der Waals surface area contributed by atoms with Gasteiger partial charge in [0.25, 0.3) is 0 Å². The van der Waals surface area contributed by atoms with Crippen LogP contribution in [0.1, 0.15) is 13.8 Å². The number of piperazine rings is 1. The van der Waals surface area contributed by atoms with Crippen LogP contribution in [0.2, 0.25) is 0 Å². The molecule has 1 aromatic heterocycles. The van der Waals surface area contributed by atoms with Crippen molar-refractivity contribution in [1.82, 2.24) is 14.9 Å². The summed E-state index contributed by atoms with van der Waals surface area (Å²) in [5.41, 5.74) is 1.04. The normalized spacial score (nSPS) is 15.5. The van der Waals surface area contributed by atoms with Crippen LogP contribution in [0.4, 0.5) is 11.8 Å². The predicted octanol–water partition coefficient (Wildman–Crippen LogP) is 2.65. The molecule has 23 heavy (non-hydrogen) atoms. The molecule has 0 aliphatic carbocycles. The van der Waals surface area contributed by atoms with Crippen molar-refractivity contribution in [2.24, 2.45) is 0 Å². The summed E-state index contributed by atoms with van der Waals surface area (Å²) in [5.74, 6) is 1.93. The van der Waals surface area contributed by atoms with Crippen molar-refractivity contribution in [2.75, 3.05) is 56.1 Å². The maximum Gasteiger partial charge on any atom is 0.227 e. The topological polar surface area (TPSA) is 35.5 Å². The van der Waals surface area contributed by atoms with Gasteiger partial charge in [-0.1, -0.05) is 12.1 Å². The Morgan fingerprint density at radius 1 is 1.00 bits per heavy atom. The molecule has 1 aromatic carbocycles. The van der Waals surface area contributed by atoms with Crippen LogP contribution in [-0.4, -0.2) is 61.2 Å². The Labute approximate surface area is 144 Å². The van der Waals surface area contributed by atoms with Crippen LogP contribution < -0.4 is 9.80 Å². The summed E-state index contributed by atoms with van der Waals surface area (Å²) in [6, 6.07) is 8.32. The van der Waals surface area contributed by atoms with Crippen LogP contribution in [0, 0.1) is 0 Å². The highest BCUT2D eigenvalue weighted by atomic mass is 35.5. The second-order valence-corrected chi connectivity index (χ2v) is 5.83. The lowest BCUT2D eigenvalue weighted by Crippen LogP contribution is -2.45. The molecule has 126 valence electrons. The molecule has 1 fully saturated rings. The van der Waals surface area contributed by atoms with Gasteiger partial charge in [0, 0.05) is 44.7 Å². The second-order valence-electron chi connectivity index (χ2n) is 5.83. The SMILES string of the molecule is CCN(CC)c1nc(N2CCN(C)CC2)nc2ccccc12.Cl. The van der Waals surface area contributed by atoms with Gasteiger partial charge in [0.2, 0.25) is 5.95 Å². The van der Waals surface area contributed by atoms with Crippen LogP contribution in [0.3, 0.4) is 0 Å². The molecule has 6 heteroatoms. The lowest BCUT2D eigenvalue weighted by molar-refractivity contribution is 0.311. The molecule has 1 aliphatic heterocycles. The van der Waals surface area contributed by atoms with Gasteiger partial charge in [-0.25, -0.2) is 4.98 Å². The summed E-state index contributed by atoms with van der Waals surface area (Å²) in [7, 11) is 2.17. The number of benzene rings is 1. The van der Waals surface area contributed by atoms with E-state index >= 15 is 0 Å². The molecular weight excluding hydrogens is 310 g/mol. The van der Waals surface area contributed by atoms with Gasteiger partial charge in [0.05, 0.1) is 5.52 Å². The summed E-state index contributed by atoms with van der Waals surface area (Å²) in [4.78, 5) is 16.7.